The van der Waals surface area contributed by atoms with E-state index in [0.717, 1.165) is 17.7 Å². The Morgan fingerprint density at radius 1 is 1.04 bits per heavy atom. The van der Waals surface area contributed by atoms with Gasteiger partial charge in [-0.25, -0.2) is 0 Å². The monoisotopic (exact) mass is 394 g/mol. The van der Waals surface area contributed by atoms with E-state index in [-0.39, 0.29) is 17.9 Å². The summed E-state index contributed by atoms with van der Waals surface area (Å²) in [5.74, 6) is 0.717. The maximum absolute atomic E-state index is 12.3. The number of hydrogen-bond donors (Lipinski definition) is 1. The first-order valence-corrected chi connectivity index (χ1v) is 10.4. The Balaban J connectivity index is 1.23. The molecule has 2 heterocycles. The molecule has 0 atom stereocenters. The molecule has 1 aromatic heterocycles. The molecule has 2 aromatic carbocycles. The van der Waals surface area contributed by atoms with Crippen molar-refractivity contribution in [3.63, 3.8) is 0 Å². The molecule has 4 rings (SSSR count). The van der Waals surface area contributed by atoms with Crippen LogP contribution >= 0.6 is 11.8 Å². The van der Waals surface area contributed by atoms with E-state index >= 15 is 0 Å². The minimum Gasteiger partial charge on any atom is -0.459 e. The first kappa shape index (κ1) is 18.6. The number of carbonyl (C=O) groups excluding carboxylic acids is 2. The summed E-state index contributed by atoms with van der Waals surface area (Å²) in [7, 11) is 0. The van der Waals surface area contributed by atoms with Crippen LogP contribution in [0.3, 0.4) is 0 Å². The van der Waals surface area contributed by atoms with Gasteiger partial charge >= 0.3 is 0 Å². The lowest BCUT2D eigenvalue weighted by Gasteiger charge is -2.31. The van der Waals surface area contributed by atoms with Gasteiger partial charge in [0.25, 0.3) is 5.91 Å². The van der Waals surface area contributed by atoms with E-state index in [1.807, 2.05) is 12.1 Å². The van der Waals surface area contributed by atoms with Crippen LogP contribution in [0.2, 0.25) is 0 Å². The average Bonchev–Trinajstić information content (AvgIpc) is 3.27. The summed E-state index contributed by atoms with van der Waals surface area (Å²) < 4.78 is 5.18. The number of amides is 2. The molecule has 1 fully saturated rings. The lowest BCUT2D eigenvalue weighted by molar-refractivity contribution is -0.119. The molecule has 1 aliphatic heterocycles. The van der Waals surface area contributed by atoms with Crippen LogP contribution in [-0.2, 0) is 4.79 Å². The predicted octanol–water partition coefficient (Wildman–Crippen LogP) is 3.95. The number of carbonyl (C=O) groups is 2. The second-order valence-electron chi connectivity index (χ2n) is 6.91. The van der Waals surface area contributed by atoms with Crippen LogP contribution in [0.4, 0.5) is 0 Å². The van der Waals surface area contributed by atoms with E-state index in [0.29, 0.717) is 24.6 Å². The predicted molar refractivity (Wildman–Crippen MR) is 110 cm³/mol. The highest BCUT2D eigenvalue weighted by Gasteiger charge is 2.25. The van der Waals surface area contributed by atoms with Gasteiger partial charge in [-0.1, -0.05) is 30.3 Å². The molecule has 0 spiro atoms. The van der Waals surface area contributed by atoms with Gasteiger partial charge in [-0.2, -0.15) is 0 Å². The molecule has 0 saturated carbocycles. The van der Waals surface area contributed by atoms with E-state index in [4.69, 9.17) is 4.42 Å². The Morgan fingerprint density at radius 3 is 2.57 bits per heavy atom. The summed E-state index contributed by atoms with van der Waals surface area (Å²) >= 11 is 1.55. The van der Waals surface area contributed by atoms with Crippen LogP contribution in [-0.4, -0.2) is 41.6 Å². The largest absolute Gasteiger partial charge is 0.459 e. The zero-order chi connectivity index (χ0) is 19.3. The number of thioether (sulfide) groups is 1. The third-order valence-corrected chi connectivity index (χ3v) is 5.96. The molecule has 1 saturated heterocycles. The highest BCUT2D eigenvalue weighted by atomic mass is 32.2. The summed E-state index contributed by atoms with van der Waals surface area (Å²) in [6.45, 7) is 1.25. The lowest BCUT2D eigenvalue weighted by Crippen LogP contribution is -2.46. The maximum Gasteiger partial charge on any atom is 0.289 e. The minimum atomic E-state index is -0.0818. The molecule has 5 nitrogen and oxygen atoms in total. The third-order valence-electron chi connectivity index (χ3n) is 4.97. The van der Waals surface area contributed by atoms with Crippen molar-refractivity contribution in [3.8, 4) is 0 Å². The molecule has 1 N–H and O–H groups in total. The molecule has 6 heteroatoms. The van der Waals surface area contributed by atoms with Crippen molar-refractivity contribution < 1.29 is 14.0 Å². The minimum absolute atomic E-state index is 0.0361. The van der Waals surface area contributed by atoms with Gasteiger partial charge in [0.2, 0.25) is 5.91 Å². The van der Waals surface area contributed by atoms with Crippen LogP contribution in [0.15, 0.2) is 70.2 Å². The van der Waals surface area contributed by atoms with E-state index in [1.54, 1.807) is 28.8 Å². The second-order valence-corrected chi connectivity index (χ2v) is 7.96. The summed E-state index contributed by atoms with van der Waals surface area (Å²) in [4.78, 5) is 27.5. The Bertz CT molecular complexity index is 963. The number of hydrogen-bond acceptors (Lipinski definition) is 4. The van der Waals surface area contributed by atoms with Crippen molar-refractivity contribution in [1.82, 2.24) is 10.2 Å². The van der Waals surface area contributed by atoms with Crippen LogP contribution in [0.1, 0.15) is 23.4 Å². The molecule has 0 aliphatic carbocycles. The first-order valence-electron chi connectivity index (χ1n) is 9.43. The van der Waals surface area contributed by atoms with Gasteiger partial charge in [0, 0.05) is 24.0 Å². The van der Waals surface area contributed by atoms with Gasteiger partial charge < -0.3 is 14.6 Å². The first-order chi connectivity index (χ1) is 13.7. The van der Waals surface area contributed by atoms with Crippen LogP contribution < -0.4 is 5.32 Å². The van der Waals surface area contributed by atoms with Crippen molar-refractivity contribution >= 4 is 34.3 Å². The van der Waals surface area contributed by atoms with Crippen LogP contribution in [0.5, 0.6) is 0 Å². The summed E-state index contributed by atoms with van der Waals surface area (Å²) in [5, 5.41) is 5.48. The van der Waals surface area contributed by atoms with Gasteiger partial charge in [0.1, 0.15) is 0 Å². The van der Waals surface area contributed by atoms with Crippen molar-refractivity contribution in [2.75, 3.05) is 18.8 Å². The van der Waals surface area contributed by atoms with Gasteiger partial charge in [0.15, 0.2) is 5.76 Å². The molecule has 2 amide bonds. The molecule has 3 aromatic rings. The Hall–Kier alpha value is -2.73. The fraction of sp³-hybridized carbons (Fsp3) is 0.273. The number of furan rings is 1. The van der Waals surface area contributed by atoms with Gasteiger partial charge in [-0.3, -0.25) is 9.59 Å². The third kappa shape index (κ3) is 4.39. The molecule has 0 radical (unpaired) electrons. The number of likely N-dealkylation sites (tertiary alicyclic amines) is 1. The lowest BCUT2D eigenvalue weighted by atomic mass is 10.0. The molecule has 1 aliphatic rings. The average molecular weight is 394 g/mol. The number of nitrogens with zero attached hydrogens (tertiary/aromatic N) is 1. The summed E-state index contributed by atoms with van der Waals surface area (Å²) in [5.41, 5.74) is 0. The Kier molecular flexibility index (Phi) is 5.67. The van der Waals surface area contributed by atoms with E-state index in [1.165, 1.54) is 17.0 Å². The fourth-order valence-electron chi connectivity index (χ4n) is 3.46. The molecule has 144 valence electrons. The number of rotatable bonds is 5. The van der Waals surface area contributed by atoms with E-state index < -0.39 is 0 Å². The zero-order valence-corrected chi connectivity index (χ0v) is 16.3. The molecule has 0 unspecified atom stereocenters. The number of piperidine rings is 1. The van der Waals surface area contributed by atoms with E-state index in [2.05, 4.69) is 35.6 Å². The summed E-state index contributed by atoms with van der Waals surface area (Å²) in [6, 6.07) is 18.0. The standard InChI is InChI=1S/C22H22N2O3S/c25-21(15-28-19-8-7-16-4-1-2-5-17(16)14-19)23-18-9-11-24(12-10-18)22(26)20-6-3-13-27-20/h1-8,13-14,18H,9-12,15H2,(H,23,25). The van der Waals surface area contributed by atoms with Gasteiger partial charge in [0.05, 0.1) is 12.0 Å². The SMILES string of the molecule is O=C(CSc1ccc2ccccc2c1)NC1CCN(C(=O)c2ccco2)CC1. The smallest absolute Gasteiger partial charge is 0.289 e. The molecule has 0 bridgehead atoms. The molecular formula is C22H22N2O3S. The van der Waals surface area contributed by atoms with Crippen molar-refractivity contribution in [2.24, 2.45) is 0 Å². The van der Waals surface area contributed by atoms with Gasteiger partial charge in [-0.05, 0) is 47.9 Å². The Morgan fingerprint density at radius 2 is 1.82 bits per heavy atom. The normalized spacial score (nSPS) is 14.9. The maximum atomic E-state index is 12.3. The topological polar surface area (TPSA) is 62.6 Å². The summed E-state index contributed by atoms with van der Waals surface area (Å²) in [6.07, 6.45) is 3.03. The number of nitrogens with one attached hydrogen (secondary N) is 1. The van der Waals surface area contributed by atoms with Crippen molar-refractivity contribution in [3.05, 3.63) is 66.6 Å². The zero-order valence-electron chi connectivity index (χ0n) is 15.5. The highest BCUT2D eigenvalue weighted by molar-refractivity contribution is 8.00. The fourth-order valence-corrected chi connectivity index (χ4v) is 4.21. The molecular weight excluding hydrogens is 372 g/mol. The van der Waals surface area contributed by atoms with Crippen molar-refractivity contribution in [2.45, 2.75) is 23.8 Å². The Labute approximate surface area is 168 Å². The highest BCUT2D eigenvalue weighted by Crippen LogP contribution is 2.23. The number of benzene rings is 2. The quantitative estimate of drug-likeness (QED) is 0.666. The van der Waals surface area contributed by atoms with Crippen LogP contribution in [0.25, 0.3) is 10.8 Å². The molecule has 28 heavy (non-hydrogen) atoms. The van der Waals surface area contributed by atoms with Crippen molar-refractivity contribution in [1.29, 1.82) is 0 Å². The van der Waals surface area contributed by atoms with E-state index in [9.17, 15) is 9.59 Å². The van der Waals surface area contributed by atoms with Crippen LogP contribution in [0, 0.1) is 0 Å². The number of fused-ring (bicyclic) bond motifs is 1. The second kappa shape index (κ2) is 8.52. The van der Waals surface area contributed by atoms with Gasteiger partial charge in [-0.15, -0.1) is 11.8 Å².